The van der Waals surface area contributed by atoms with Crippen LogP contribution in [0.5, 0.6) is 0 Å². The van der Waals surface area contributed by atoms with E-state index in [2.05, 4.69) is 25.5 Å². The number of nitrogens with zero attached hydrogens (tertiary/aromatic N) is 5. The molecular formula is C13H16N6O. The number of carbonyl (C=O) groups excluding carboxylic acids is 1. The van der Waals surface area contributed by atoms with Crippen LogP contribution in [0.4, 0.5) is 5.82 Å². The van der Waals surface area contributed by atoms with Gasteiger partial charge in [0.1, 0.15) is 5.69 Å². The highest BCUT2D eigenvalue weighted by atomic mass is 16.2. The molecule has 1 aliphatic rings. The fourth-order valence-corrected chi connectivity index (χ4v) is 2.11. The van der Waals surface area contributed by atoms with Crippen molar-refractivity contribution < 1.29 is 4.79 Å². The maximum Gasteiger partial charge on any atom is 0.272 e. The maximum absolute atomic E-state index is 11.9. The van der Waals surface area contributed by atoms with Crippen molar-refractivity contribution in [1.82, 2.24) is 25.3 Å². The van der Waals surface area contributed by atoms with Crippen molar-refractivity contribution in [1.29, 1.82) is 0 Å². The van der Waals surface area contributed by atoms with Gasteiger partial charge in [-0.3, -0.25) is 9.48 Å². The molecule has 0 spiro atoms. The monoisotopic (exact) mass is 272 g/mol. The number of hydrogen-bond acceptors (Lipinski definition) is 5. The first kappa shape index (κ1) is 12.6. The highest BCUT2D eigenvalue weighted by Gasteiger charge is 2.29. The first-order valence-electron chi connectivity index (χ1n) is 6.47. The first-order valence-corrected chi connectivity index (χ1v) is 6.47. The van der Waals surface area contributed by atoms with Crippen LogP contribution in [0.1, 0.15) is 16.2 Å². The van der Waals surface area contributed by atoms with Crippen molar-refractivity contribution >= 4 is 11.7 Å². The molecule has 7 nitrogen and oxygen atoms in total. The molecular weight excluding hydrogens is 256 g/mol. The van der Waals surface area contributed by atoms with Gasteiger partial charge in [0.15, 0.2) is 5.82 Å². The lowest BCUT2D eigenvalue weighted by Gasteiger charge is -2.39. The van der Waals surface area contributed by atoms with E-state index in [0.29, 0.717) is 5.69 Å². The Bertz CT molecular complexity index is 614. The van der Waals surface area contributed by atoms with Gasteiger partial charge < -0.3 is 10.2 Å². The summed E-state index contributed by atoms with van der Waals surface area (Å²) in [4.78, 5) is 14.0. The molecule has 0 atom stereocenters. The lowest BCUT2D eigenvalue weighted by Crippen LogP contribution is -2.59. The van der Waals surface area contributed by atoms with Crippen LogP contribution in [0.3, 0.4) is 0 Å². The predicted molar refractivity (Wildman–Crippen MR) is 73.4 cm³/mol. The summed E-state index contributed by atoms with van der Waals surface area (Å²) in [5.74, 6) is 0.712. The molecule has 0 radical (unpaired) electrons. The van der Waals surface area contributed by atoms with Crippen molar-refractivity contribution in [2.24, 2.45) is 7.05 Å². The molecule has 7 heteroatoms. The second-order valence-corrected chi connectivity index (χ2v) is 4.98. The van der Waals surface area contributed by atoms with E-state index in [0.717, 1.165) is 24.6 Å². The van der Waals surface area contributed by atoms with E-state index in [-0.39, 0.29) is 11.9 Å². The molecule has 20 heavy (non-hydrogen) atoms. The minimum atomic E-state index is -0.134. The topological polar surface area (TPSA) is 75.9 Å². The van der Waals surface area contributed by atoms with Crippen molar-refractivity contribution in [3.8, 4) is 0 Å². The van der Waals surface area contributed by atoms with E-state index in [4.69, 9.17) is 0 Å². The summed E-state index contributed by atoms with van der Waals surface area (Å²) in [7, 11) is 1.79. The van der Waals surface area contributed by atoms with Gasteiger partial charge in [0, 0.05) is 26.3 Å². The number of amides is 1. The molecule has 2 aromatic heterocycles. The Labute approximate surface area is 116 Å². The number of nitrogens with one attached hydrogen (secondary N) is 1. The zero-order valence-electron chi connectivity index (χ0n) is 11.4. The van der Waals surface area contributed by atoms with Crippen LogP contribution in [0.15, 0.2) is 24.4 Å². The quantitative estimate of drug-likeness (QED) is 0.860. The van der Waals surface area contributed by atoms with Crippen LogP contribution >= 0.6 is 0 Å². The Morgan fingerprint density at radius 2 is 2.10 bits per heavy atom. The van der Waals surface area contributed by atoms with Gasteiger partial charge in [-0.05, 0) is 25.1 Å². The van der Waals surface area contributed by atoms with Gasteiger partial charge in [0.2, 0.25) is 0 Å². The van der Waals surface area contributed by atoms with Crippen LogP contribution < -0.4 is 10.2 Å². The summed E-state index contributed by atoms with van der Waals surface area (Å²) >= 11 is 0. The van der Waals surface area contributed by atoms with E-state index in [1.54, 1.807) is 24.0 Å². The summed E-state index contributed by atoms with van der Waals surface area (Å²) < 4.78 is 1.61. The molecule has 1 saturated heterocycles. The number of carbonyl (C=O) groups is 1. The Morgan fingerprint density at radius 3 is 2.70 bits per heavy atom. The molecule has 104 valence electrons. The van der Waals surface area contributed by atoms with Crippen molar-refractivity contribution in [2.75, 3.05) is 18.0 Å². The van der Waals surface area contributed by atoms with Crippen LogP contribution in [0, 0.1) is 6.92 Å². The average Bonchev–Trinajstić information content (AvgIpc) is 2.81. The van der Waals surface area contributed by atoms with Gasteiger partial charge in [-0.2, -0.15) is 10.2 Å². The third kappa shape index (κ3) is 2.47. The molecule has 2 aromatic rings. The van der Waals surface area contributed by atoms with E-state index in [1.165, 1.54) is 0 Å². The minimum Gasteiger partial charge on any atom is -0.351 e. The molecule has 0 unspecified atom stereocenters. The molecule has 1 amide bonds. The third-order valence-corrected chi connectivity index (χ3v) is 3.27. The highest BCUT2D eigenvalue weighted by molar-refractivity contribution is 5.92. The second-order valence-electron chi connectivity index (χ2n) is 4.98. The molecule has 1 N–H and O–H groups in total. The fraction of sp³-hybridized carbons (Fsp3) is 0.385. The number of aromatic nitrogens is 4. The highest BCUT2D eigenvalue weighted by Crippen LogP contribution is 2.17. The van der Waals surface area contributed by atoms with E-state index >= 15 is 0 Å². The van der Waals surface area contributed by atoms with Crippen molar-refractivity contribution in [3.63, 3.8) is 0 Å². The van der Waals surface area contributed by atoms with Crippen LogP contribution in [-0.2, 0) is 7.05 Å². The summed E-state index contributed by atoms with van der Waals surface area (Å²) in [5, 5.41) is 15.2. The second kappa shape index (κ2) is 4.92. The molecule has 1 fully saturated rings. The normalized spacial score (nSPS) is 15.0. The fourth-order valence-electron chi connectivity index (χ4n) is 2.11. The number of aryl methyl sites for hydroxylation is 2. The van der Waals surface area contributed by atoms with Crippen molar-refractivity contribution in [2.45, 2.75) is 13.0 Å². The first-order chi connectivity index (χ1) is 9.61. The molecule has 3 rings (SSSR count). The van der Waals surface area contributed by atoms with E-state index < -0.39 is 0 Å². The molecule has 0 aliphatic carbocycles. The lowest BCUT2D eigenvalue weighted by atomic mass is 10.1. The third-order valence-electron chi connectivity index (χ3n) is 3.27. The number of anilines is 1. The number of rotatable bonds is 3. The molecule has 0 bridgehead atoms. The molecule has 0 saturated carbocycles. The molecule has 3 heterocycles. The zero-order valence-corrected chi connectivity index (χ0v) is 11.4. The summed E-state index contributed by atoms with van der Waals surface area (Å²) in [5.41, 5.74) is 1.34. The SMILES string of the molecule is Cc1ccc(N2CC(NC(=O)c3ccn(C)n3)C2)nn1. The van der Waals surface area contributed by atoms with Gasteiger partial charge in [-0.1, -0.05) is 0 Å². The predicted octanol–water partition coefficient (Wildman–Crippen LogP) is 0.137. The van der Waals surface area contributed by atoms with Crippen molar-refractivity contribution in [3.05, 3.63) is 35.8 Å². The molecule has 1 aliphatic heterocycles. The average molecular weight is 272 g/mol. The summed E-state index contributed by atoms with van der Waals surface area (Å²) in [6, 6.07) is 5.71. The minimum absolute atomic E-state index is 0.132. The maximum atomic E-state index is 11.9. The van der Waals surface area contributed by atoms with Crippen LogP contribution in [-0.4, -0.2) is 45.0 Å². The number of hydrogen-bond donors (Lipinski definition) is 1. The standard InChI is InChI=1S/C13H16N6O/c1-9-3-4-12(16-15-9)19-7-10(8-19)14-13(20)11-5-6-18(2)17-11/h3-6,10H,7-8H2,1-2H3,(H,14,20). The Balaban J connectivity index is 1.53. The Hall–Kier alpha value is -2.44. The molecule has 0 aromatic carbocycles. The van der Waals surface area contributed by atoms with Gasteiger partial charge in [0.05, 0.1) is 11.7 Å². The lowest BCUT2D eigenvalue weighted by molar-refractivity contribution is 0.0924. The van der Waals surface area contributed by atoms with Crippen LogP contribution in [0.25, 0.3) is 0 Å². The van der Waals surface area contributed by atoms with E-state index in [9.17, 15) is 4.79 Å². The Morgan fingerprint density at radius 1 is 1.30 bits per heavy atom. The van der Waals surface area contributed by atoms with Gasteiger partial charge in [-0.25, -0.2) is 0 Å². The summed E-state index contributed by atoms with van der Waals surface area (Å²) in [6.45, 7) is 3.40. The largest absolute Gasteiger partial charge is 0.351 e. The smallest absolute Gasteiger partial charge is 0.272 e. The van der Waals surface area contributed by atoms with Gasteiger partial charge in [-0.15, -0.1) is 5.10 Å². The van der Waals surface area contributed by atoms with Gasteiger partial charge >= 0.3 is 0 Å². The zero-order chi connectivity index (χ0) is 14.1. The van der Waals surface area contributed by atoms with Gasteiger partial charge in [0.25, 0.3) is 5.91 Å². The van der Waals surface area contributed by atoms with E-state index in [1.807, 2.05) is 19.1 Å². The Kier molecular flexibility index (Phi) is 3.09. The summed E-state index contributed by atoms with van der Waals surface area (Å²) in [6.07, 6.45) is 1.75. The van der Waals surface area contributed by atoms with Crippen LogP contribution in [0.2, 0.25) is 0 Å².